The van der Waals surface area contributed by atoms with Gasteiger partial charge in [0.05, 0.1) is 13.2 Å². The number of rotatable bonds is 70. The minimum atomic E-state index is -0.396. The predicted octanol–water partition coefficient (Wildman–Crippen LogP) is 26.9. The van der Waals surface area contributed by atoms with Crippen LogP contribution in [0.2, 0.25) is 0 Å². The Bertz CT molecular complexity index is 1110. The van der Waals surface area contributed by atoms with Crippen LogP contribution in [-0.2, 0) is 19.1 Å². The molecule has 4 heteroatoms. The molecule has 0 rings (SSSR count). The number of hydrogen-bond acceptors (Lipinski definition) is 4. The summed E-state index contributed by atoms with van der Waals surface area (Å²) in [6.45, 7) is 10.1. The highest BCUT2D eigenvalue weighted by atomic mass is 16.5. The first-order chi connectivity index (χ1) is 39.6. The van der Waals surface area contributed by atoms with Gasteiger partial charge >= 0.3 is 11.9 Å². The average Bonchev–Trinajstić information content (AvgIpc) is 3.46. The molecule has 0 aromatic heterocycles. The van der Waals surface area contributed by atoms with Gasteiger partial charge in [-0.1, -0.05) is 413 Å². The lowest BCUT2D eigenvalue weighted by Gasteiger charge is -2.17. The van der Waals surface area contributed by atoms with Crippen molar-refractivity contribution in [3.05, 3.63) is 12.2 Å². The van der Waals surface area contributed by atoms with Gasteiger partial charge < -0.3 is 9.47 Å². The molecule has 4 nitrogen and oxygen atoms in total. The fraction of sp³-hybridized carbons (Fsp3) is 0.947. The second-order valence-corrected chi connectivity index (χ2v) is 26.3. The van der Waals surface area contributed by atoms with Gasteiger partial charge in [0.1, 0.15) is 0 Å². The van der Waals surface area contributed by atoms with Crippen molar-refractivity contribution in [1.29, 1.82) is 0 Å². The largest absolute Gasteiger partial charge is 0.462 e. The molecule has 0 amide bonds. The molecule has 0 radical (unpaired) electrons. The fourth-order valence-corrected chi connectivity index (χ4v) is 12.5. The minimum absolute atomic E-state index is 0.396. The van der Waals surface area contributed by atoms with Gasteiger partial charge in [-0.25, -0.2) is 9.59 Å². The Balaban J connectivity index is 4.85. The molecule has 0 aliphatic heterocycles. The summed E-state index contributed by atoms with van der Waals surface area (Å²) in [7, 11) is 0. The lowest BCUT2D eigenvalue weighted by Crippen LogP contribution is -2.15. The van der Waals surface area contributed by atoms with Crippen LogP contribution in [0.4, 0.5) is 0 Å². The standard InChI is InChI=1S/C76H148O4/c1-5-9-13-17-21-25-29-33-37-39-43-47-51-55-59-63-67-73(65-61-57-53-49-45-41-35-31-27-23-19-15-11-7-3)71-79-75(77)69-70-76(78)80-72-74(66-62-58-54-50-46-42-36-32-28-24-20-16-12-8-4)68-64-60-56-52-48-44-40-38-34-30-26-22-18-14-10-6-2/h69-70,73-74H,5-68,71-72H2,1-4H3/b70-69-. The summed E-state index contributed by atoms with van der Waals surface area (Å²) >= 11 is 0. The quantitative estimate of drug-likeness (QED) is 0.0346. The second kappa shape index (κ2) is 70.2. The first-order valence-corrected chi connectivity index (χ1v) is 37.6. The van der Waals surface area contributed by atoms with E-state index in [0.29, 0.717) is 25.0 Å². The number of hydrogen-bond donors (Lipinski definition) is 0. The van der Waals surface area contributed by atoms with E-state index < -0.39 is 11.9 Å². The molecule has 80 heavy (non-hydrogen) atoms. The molecule has 0 aliphatic rings. The summed E-state index contributed by atoms with van der Waals surface area (Å²) in [6.07, 6.45) is 90.0. The van der Waals surface area contributed by atoms with Crippen LogP contribution in [0.3, 0.4) is 0 Å². The maximum absolute atomic E-state index is 13.0. The Kier molecular flexibility index (Phi) is 69.0. The van der Waals surface area contributed by atoms with Gasteiger partial charge in [0.15, 0.2) is 0 Å². The maximum atomic E-state index is 13.0. The van der Waals surface area contributed by atoms with Crippen molar-refractivity contribution in [3.8, 4) is 0 Å². The molecule has 0 aliphatic carbocycles. The average molecular weight is 1130 g/mol. The van der Waals surface area contributed by atoms with E-state index in [4.69, 9.17) is 9.47 Å². The smallest absolute Gasteiger partial charge is 0.331 e. The molecule has 0 fully saturated rings. The van der Waals surface area contributed by atoms with E-state index in [9.17, 15) is 9.59 Å². The summed E-state index contributed by atoms with van der Waals surface area (Å²) < 4.78 is 11.7. The van der Waals surface area contributed by atoms with E-state index in [-0.39, 0.29) is 0 Å². The van der Waals surface area contributed by atoms with Gasteiger partial charge in [-0.05, 0) is 37.5 Å². The van der Waals surface area contributed by atoms with Crippen LogP contribution in [0.25, 0.3) is 0 Å². The van der Waals surface area contributed by atoms with Crippen LogP contribution >= 0.6 is 0 Å². The van der Waals surface area contributed by atoms with Crippen molar-refractivity contribution in [2.75, 3.05) is 13.2 Å². The third-order valence-electron chi connectivity index (χ3n) is 18.1. The van der Waals surface area contributed by atoms with Gasteiger partial charge in [-0.2, -0.15) is 0 Å². The SMILES string of the molecule is CCCCCCCCCCCCCCCCCCC(CCCCCCCCCCCCCCCC)COC(=O)/C=C\C(=O)OCC(CCCCCCCCCCCCCCCC)CCCCCCCCCCCCCCCCCC. The van der Waals surface area contributed by atoms with E-state index in [2.05, 4.69) is 27.7 Å². The molecule has 476 valence electrons. The molecule has 0 aromatic carbocycles. The molecular formula is C76H148O4. The maximum Gasteiger partial charge on any atom is 0.331 e. The van der Waals surface area contributed by atoms with Crippen molar-refractivity contribution in [2.24, 2.45) is 11.8 Å². The molecule has 0 aromatic rings. The van der Waals surface area contributed by atoms with E-state index in [1.807, 2.05) is 0 Å². The zero-order chi connectivity index (χ0) is 57.8. The van der Waals surface area contributed by atoms with Gasteiger partial charge in [-0.3, -0.25) is 0 Å². The third kappa shape index (κ3) is 65.8. The molecule has 0 spiro atoms. The van der Waals surface area contributed by atoms with E-state index >= 15 is 0 Å². The fourth-order valence-electron chi connectivity index (χ4n) is 12.5. The molecule has 0 N–H and O–H groups in total. The number of unbranched alkanes of at least 4 members (excludes halogenated alkanes) is 56. The minimum Gasteiger partial charge on any atom is -0.462 e. The lowest BCUT2D eigenvalue weighted by atomic mass is 9.94. The zero-order valence-corrected chi connectivity index (χ0v) is 55.6. The van der Waals surface area contributed by atoms with Crippen LogP contribution in [0, 0.1) is 11.8 Å². The molecular weight excluding hydrogens is 977 g/mol. The van der Waals surface area contributed by atoms with Crippen LogP contribution in [0.5, 0.6) is 0 Å². The molecule has 0 saturated carbocycles. The summed E-state index contributed by atoms with van der Waals surface area (Å²) in [4.78, 5) is 26.1. The summed E-state index contributed by atoms with van der Waals surface area (Å²) in [6, 6.07) is 0. The highest BCUT2D eigenvalue weighted by molar-refractivity contribution is 5.91. The number of ether oxygens (including phenoxy) is 2. The van der Waals surface area contributed by atoms with Gasteiger partial charge in [0.25, 0.3) is 0 Å². The zero-order valence-electron chi connectivity index (χ0n) is 55.6. The van der Waals surface area contributed by atoms with Gasteiger partial charge in [0, 0.05) is 12.2 Å². The van der Waals surface area contributed by atoms with Gasteiger partial charge in [0.2, 0.25) is 0 Å². The molecule has 0 saturated heterocycles. The molecule has 0 heterocycles. The predicted molar refractivity (Wildman–Crippen MR) is 356 cm³/mol. The Morgan fingerprint density at radius 3 is 0.475 bits per heavy atom. The normalized spacial score (nSPS) is 12.5. The second-order valence-electron chi connectivity index (χ2n) is 26.3. The Labute approximate surface area is 504 Å². The third-order valence-corrected chi connectivity index (χ3v) is 18.1. The van der Waals surface area contributed by atoms with Crippen molar-refractivity contribution < 1.29 is 19.1 Å². The first-order valence-electron chi connectivity index (χ1n) is 37.6. The topological polar surface area (TPSA) is 52.6 Å². The Hall–Kier alpha value is -1.32. The molecule has 0 bridgehead atoms. The van der Waals surface area contributed by atoms with E-state index in [0.717, 1.165) is 25.7 Å². The van der Waals surface area contributed by atoms with Crippen LogP contribution < -0.4 is 0 Å². The highest BCUT2D eigenvalue weighted by Gasteiger charge is 2.14. The van der Waals surface area contributed by atoms with Crippen molar-refractivity contribution in [1.82, 2.24) is 0 Å². The van der Waals surface area contributed by atoms with Crippen molar-refractivity contribution in [2.45, 2.75) is 439 Å². The molecule has 2 atom stereocenters. The lowest BCUT2D eigenvalue weighted by molar-refractivity contribution is -0.142. The van der Waals surface area contributed by atoms with Crippen molar-refractivity contribution in [3.63, 3.8) is 0 Å². The van der Waals surface area contributed by atoms with E-state index in [1.165, 1.54) is 397 Å². The summed E-state index contributed by atoms with van der Waals surface area (Å²) in [5, 5.41) is 0. The monoisotopic (exact) mass is 1130 g/mol. The number of carbonyl (C=O) groups excluding carboxylic acids is 2. The van der Waals surface area contributed by atoms with Crippen LogP contribution in [0.15, 0.2) is 12.2 Å². The van der Waals surface area contributed by atoms with Crippen LogP contribution in [-0.4, -0.2) is 25.2 Å². The van der Waals surface area contributed by atoms with Crippen molar-refractivity contribution >= 4 is 11.9 Å². The van der Waals surface area contributed by atoms with E-state index in [1.54, 1.807) is 0 Å². The Morgan fingerprint density at radius 2 is 0.338 bits per heavy atom. The summed E-state index contributed by atoms with van der Waals surface area (Å²) in [5.74, 6) is 0.0194. The Morgan fingerprint density at radius 1 is 0.212 bits per heavy atom. The number of esters is 2. The summed E-state index contributed by atoms with van der Waals surface area (Å²) in [5.41, 5.74) is 0. The van der Waals surface area contributed by atoms with Gasteiger partial charge in [-0.15, -0.1) is 0 Å². The first kappa shape index (κ1) is 78.7. The number of carbonyl (C=O) groups is 2. The van der Waals surface area contributed by atoms with Crippen LogP contribution in [0.1, 0.15) is 439 Å². The highest BCUT2D eigenvalue weighted by Crippen LogP contribution is 2.24. The molecule has 2 unspecified atom stereocenters.